The number of carbonyl (C=O) groups is 3. The predicted molar refractivity (Wildman–Crippen MR) is 128 cm³/mol. The molecule has 34 heavy (non-hydrogen) atoms. The van der Waals surface area contributed by atoms with Crippen molar-refractivity contribution in [3.63, 3.8) is 0 Å². The number of benzene rings is 4. The second kappa shape index (κ2) is 6.27. The van der Waals surface area contributed by atoms with Gasteiger partial charge in [0.2, 0.25) is 0 Å². The lowest BCUT2D eigenvalue weighted by molar-refractivity contribution is -0.112. The normalized spacial score (nSPS) is 29.0. The molecule has 3 nitrogen and oxygen atoms in total. The van der Waals surface area contributed by atoms with E-state index in [1.165, 1.54) is 0 Å². The molecule has 1 fully saturated rings. The van der Waals surface area contributed by atoms with Crippen molar-refractivity contribution in [3.8, 4) is 0 Å². The Morgan fingerprint density at radius 3 is 1.71 bits per heavy atom. The lowest BCUT2D eigenvalue weighted by atomic mass is 9.65. The summed E-state index contributed by atoms with van der Waals surface area (Å²) in [7, 11) is 0. The second-order valence-electron chi connectivity index (χ2n) is 9.50. The number of fused-ring (bicyclic) bond motifs is 7. The van der Waals surface area contributed by atoms with E-state index in [1.807, 2.05) is 84.9 Å². The van der Waals surface area contributed by atoms with Crippen molar-refractivity contribution >= 4 is 17.9 Å². The average Bonchev–Trinajstić information content (AvgIpc) is 3.40. The molecule has 0 spiro atoms. The zero-order valence-corrected chi connectivity index (χ0v) is 18.3. The number of hydrogen-bond donors (Lipinski definition) is 0. The molecule has 0 bridgehead atoms. The van der Waals surface area contributed by atoms with Crippen molar-refractivity contribution in [2.75, 3.05) is 0 Å². The molecule has 0 N–H and O–H groups in total. The van der Waals surface area contributed by atoms with Gasteiger partial charge in [0, 0.05) is 17.0 Å². The standard InChI is InChI=1S/C31H20O3/c32-19-29-23-16-8-7-15-22(23)26-30(25-18-10-9-17-24(25)29,27(33)20-11-3-1-4-12-20)31(26,29)28(34)21-13-5-2-6-14-21/h1-19,26H/t26-,29-,30+,31+/m0/s1. The Kier molecular flexibility index (Phi) is 3.57. The fourth-order valence-electron chi connectivity index (χ4n) is 7.47. The van der Waals surface area contributed by atoms with Crippen LogP contribution in [0.3, 0.4) is 0 Å². The molecule has 162 valence electrons. The van der Waals surface area contributed by atoms with Crippen molar-refractivity contribution in [2.45, 2.75) is 16.7 Å². The first kappa shape index (κ1) is 19.4. The van der Waals surface area contributed by atoms with Gasteiger partial charge < -0.3 is 4.79 Å². The van der Waals surface area contributed by atoms with Gasteiger partial charge in [-0.1, -0.05) is 109 Å². The van der Waals surface area contributed by atoms with Crippen LogP contribution in [0, 0.1) is 5.41 Å². The van der Waals surface area contributed by atoms with E-state index in [1.54, 1.807) is 24.3 Å². The molecule has 1 saturated carbocycles. The summed E-state index contributed by atoms with van der Waals surface area (Å²) in [5.74, 6) is -0.619. The summed E-state index contributed by atoms with van der Waals surface area (Å²) in [5, 5.41) is 0. The molecule has 0 heterocycles. The minimum absolute atomic E-state index is 0.0898. The van der Waals surface area contributed by atoms with Gasteiger partial charge >= 0.3 is 0 Å². The molecule has 7 rings (SSSR count). The largest absolute Gasteiger partial charge is 0.302 e. The molecule has 3 aliphatic rings. The molecule has 4 atom stereocenters. The summed E-state index contributed by atoms with van der Waals surface area (Å²) in [6.07, 6.45) is 0.943. The van der Waals surface area contributed by atoms with Gasteiger partial charge in [-0.25, -0.2) is 0 Å². The van der Waals surface area contributed by atoms with E-state index >= 15 is 0 Å². The van der Waals surface area contributed by atoms with Crippen LogP contribution < -0.4 is 0 Å². The maximum Gasteiger partial charge on any atom is 0.175 e. The van der Waals surface area contributed by atoms with Gasteiger partial charge in [0.05, 0.1) is 16.2 Å². The highest BCUT2D eigenvalue weighted by Gasteiger charge is 2.97. The minimum atomic E-state index is -1.22. The second-order valence-corrected chi connectivity index (χ2v) is 9.50. The Morgan fingerprint density at radius 2 is 1.09 bits per heavy atom. The van der Waals surface area contributed by atoms with Gasteiger partial charge in [-0.2, -0.15) is 0 Å². The Labute approximate surface area is 197 Å². The Balaban J connectivity index is 1.63. The fourth-order valence-corrected chi connectivity index (χ4v) is 7.47. The quantitative estimate of drug-likeness (QED) is 0.313. The summed E-state index contributed by atoms with van der Waals surface area (Å²) in [6.45, 7) is 0. The maximum absolute atomic E-state index is 14.6. The molecule has 4 aromatic carbocycles. The number of ketones is 2. The van der Waals surface area contributed by atoms with Crippen LogP contribution in [-0.2, 0) is 15.6 Å². The Bertz CT molecular complexity index is 1520. The van der Waals surface area contributed by atoms with E-state index in [2.05, 4.69) is 0 Å². The van der Waals surface area contributed by atoms with Crippen LogP contribution in [0.25, 0.3) is 0 Å². The van der Waals surface area contributed by atoms with Crippen molar-refractivity contribution in [1.82, 2.24) is 0 Å². The molecule has 0 unspecified atom stereocenters. The Hall–Kier alpha value is -4.11. The molecule has 4 aromatic rings. The number of Topliss-reactive ketones (excluding diaryl/α,β-unsaturated/α-hetero) is 2. The first-order valence-electron chi connectivity index (χ1n) is 11.5. The monoisotopic (exact) mass is 440 g/mol. The van der Waals surface area contributed by atoms with Crippen molar-refractivity contribution in [3.05, 3.63) is 143 Å². The van der Waals surface area contributed by atoms with Crippen LogP contribution in [0.15, 0.2) is 109 Å². The van der Waals surface area contributed by atoms with Crippen LogP contribution >= 0.6 is 0 Å². The van der Waals surface area contributed by atoms with Gasteiger partial charge in [-0.15, -0.1) is 0 Å². The van der Waals surface area contributed by atoms with Crippen LogP contribution in [0.4, 0.5) is 0 Å². The zero-order chi connectivity index (χ0) is 23.1. The fraction of sp³-hybridized carbons (Fsp3) is 0.129. The van der Waals surface area contributed by atoms with Crippen LogP contribution in [-0.4, -0.2) is 17.9 Å². The van der Waals surface area contributed by atoms with Gasteiger partial charge in [-0.05, 0) is 22.3 Å². The maximum atomic E-state index is 14.6. The van der Waals surface area contributed by atoms with Crippen LogP contribution in [0.1, 0.15) is 48.9 Å². The average molecular weight is 440 g/mol. The van der Waals surface area contributed by atoms with E-state index in [4.69, 9.17) is 0 Å². The number of rotatable bonds is 5. The molecule has 0 aliphatic heterocycles. The smallest absolute Gasteiger partial charge is 0.175 e. The molecular weight excluding hydrogens is 420 g/mol. The number of carbonyl (C=O) groups excluding carboxylic acids is 3. The van der Waals surface area contributed by atoms with E-state index in [9.17, 15) is 14.4 Å². The van der Waals surface area contributed by atoms with Gasteiger partial charge in [0.15, 0.2) is 11.6 Å². The van der Waals surface area contributed by atoms with Crippen molar-refractivity contribution < 1.29 is 14.4 Å². The van der Waals surface area contributed by atoms with E-state index < -0.39 is 22.2 Å². The van der Waals surface area contributed by atoms with Crippen molar-refractivity contribution in [2.24, 2.45) is 5.41 Å². The molecule has 0 amide bonds. The highest BCUT2D eigenvalue weighted by Crippen LogP contribution is 2.91. The number of aldehydes is 1. The molecule has 0 saturated heterocycles. The molecule has 3 heteroatoms. The SMILES string of the molecule is O=C[C@@]12c3ccccc3[C@@H]3[C@]1(C(=O)c1ccccc1)[C@]3(C(=O)c1ccccc1)c1ccccc12. The summed E-state index contributed by atoms with van der Waals surface area (Å²) >= 11 is 0. The highest BCUT2D eigenvalue weighted by atomic mass is 16.1. The minimum Gasteiger partial charge on any atom is -0.302 e. The van der Waals surface area contributed by atoms with E-state index in [-0.39, 0.29) is 11.6 Å². The first-order valence-corrected chi connectivity index (χ1v) is 11.5. The van der Waals surface area contributed by atoms with Crippen LogP contribution in [0.5, 0.6) is 0 Å². The topological polar surface area (TPSA) is 51.2 Å². The third-order valence-corrected chi connectivity index (χ3v) is 8.47. The van der Waals surface area contributed by atoms with Gasteiger partial charge in [0.25, 0.3) is 0 Å². The zero-order valence-electron chi connectivity index (χ0n) is 18.3. The number of hydrogen-bond acceptors (Lipinski definition) is 3. The predicted octanol–water partition coefficient (Wildman–Crippen LogP) is 5.29. The molecule has 3 aliphatic carbocycles. The summed E-state index contributed by atoms with van der Waals surface area (Å²) in [6, 6.07) is 33.7. The summed E-state index contributed by atoms with van der Waals surface area (Å²) < 4.78 is 0. The highest BCUT2D eigenvalue weighted by molar-refractivity contribution is 6.24. The van der Waals surface area contributed by atoms with E-state index in [0.29, 0.717) is 11.1 Å². The molecular formula is C31H20O3. The third kappa shape index (κ3) is 1.77. The van der Waals surface area contributed by atoms with Crippen molar-refractivity contribution in [1.29, 1.82) is 0 Å². The lowest BCUT2D eigenvalue weighted by Crippen LogP contribution is -2.44. The Morgan fingerprint density at radius 1 is 0.588 bits per heavy atom. The summed E-state index contributed by atoms with van der Waals surface area (Å²) in [5.41, 5.74) is 0.910. The van der Waals surface area contributed by atoms with Gasteiger partial charge in [0.1, 0.15) is 6.29 Å². The lowest BCUT2D eigenvalue weighted by Gasteiger charge is -2.32. The van der Waals surface area contributed by atoms with E-state index in [0.717, 1.165) is 28.5 Å². The van der Waals surface area contributed by atoms with Crippen LogP contribution in [0.2, 0.25) is 0 Å². The molecule has 0 aromatic heterocycles. The first-order chi connectivity index (χ1) is 16.7. The van der Waals surface area contributed by atoms with Gasteiger partial charge in [-0.3, -0.25) is 9.59 Å². The molecule has 0 radical (unpaired) electrons. The third-order valence-electron chi connectivity index (χ3n) is 8.47. The summed E-state index contributed by atoms with van der Waals surface area (Å²) in [4.78, 5) is 42.4.